The monoisotopic (exact) mass is 164 g/mol. The Bertz CT molecular complexity index is 196. The summed E-state index contributed by atoms with van der Waals surface area (Å²) < 4.78 is 0. The Balaban J connectivity index is 1.68. The van der Waals surface area contributed by atoms with Crippen LogP contribution in [-0.4, -0.2) is 12.6 Å². The van der Waals surface area contributed by atoms with Gasteiger partial charge in [0.15, 0.2) is 0 Å². The lowest BCUT2D eigenvalue weighted by Gasteiger charge is -2.28. The molecular weight excluding hydrogens is 148 g/mol. The van der Waals surface area contributed by atoms with Gasteiger partial charge >= 0.3 is 0 Å². The summed E-state index contributed by atoms with van der Waals surface area (Å²) in [5.74, 6) is 0. The van der Waals surface area contributed by atoms with Crippen molar-refractivity contribution in [2.75, 3.05) is 6.54 Å². The Morgan fingerprint density at radius 1 is 1.42 bits per heavy atom. The van der Waals surface area contributed by atoms with E-state index in [0.29, 0.717) is 5.41 Å². The quantitative estimate of drug-likeness (QED) is 0.688. The van der Waals surface area contributed by atoms with E-state index >= 15 is 0 Å². The van der Waals surface area contributed by atoms with Gasteiger partial charge in [-0.05, 0) is 31.1 Å². The molecule has 0 aromatic rings. The third kappa shape index (κ3) is 1.61. The first-order chi connectivity index (χ1) is 5.85. The zero-order chi connectivity index (χ0) is 8.44. The van der Waals surface area contributed by atoms with Crippen LogP contribution < -0.4 is 5.32 Å². The van der Waals surface area contributed by atoms with Crippen molar-refractivity contribution in [1.29, 1.82) is 5.26 Å². The van der Waals surface area contributed by atoms with Crippen molar-refractivity contribution in [2.24, 2.45) is 5.41 Å². The van der Waals surface area contributed by atoms with Crippen molar-refractivity contribution in [2.45, 2.75) is 44.6 Å². The largest absolute Gasteiger partial charge is 0.313 e. The summed E-state index contributed by atoms with van der Waals surface area (Å²) in [4.78, 5) is 0. The Hall–Kier alpha value is -0.550. The Morgan fingerprint density at radius 3 is 2.58 bits per heavy atom. The highest BCUT2D eigenvalue weighted by atomic mass is 14.9. The summed E-state index contributed by atoms with van der Waals surface area (Å²) in [5.41, 5.74) is 0.393. The molecule has 0 saturated heterocycles. The van der Waals surface area contributed by atoms with Crippen LogP contribution >= 0.6 is 0 Å². The van der Waals surface area contributed by atoms with E-state index in [4.69, 9.17) is 5.26 Å². The minimum Gasteiger partial charge on any atom is -0.313 e. The van der Waals surface area contributed by atoms with Crippen LogP contribution in [-0.2, 0) is 0 Å². The Morgan fingerprint density at radius 2 is 2.17 bits per heavy atom. The van der Waals surface area contributed by atoms with Gasteiger partial charge in [-0.2, -0.15) is 5.26 Å². The molecule has 0 unspecified atom stereocenters. The second-order valence-electron chi connectivity index (χ2n) is 4.34. The normalized spacial score (nSPS) is 25.9. The maximum absolute atomic E-state index is 8.60. The maximum Gasteiger partial charge on any atom is 0.0628 e. The van der Waals surface area contributed by atoms with Gasteiger partial charge in [0.2, 0.25) is 0 Å². The maximum atomic E-state index is 8.60. The first-order valence-corrected chi connectivity index (χ1v) is 4.95. The van der Waals surface area contributed by atoms with E-state index in [-0.39, 0.29) is 0 Å². The first kappa shape index (κ1) is 8.07. The average Bonchev–Trinajstić information content (AvgIpc) is 2.67. The van der Waals surface area contributed by atoms with E-state index in [0.717, 1.165) is 19.0 Å². The van der Waals surface area contributed by atoms with Gasteiger partial charge in [-0.1, -0.05) is 6.42 Å². The highest BCUT2D eigenvalue weighted by Gasteiger charge is 2.42. The van der Waals surface area contributed by atoms with Crippen LogP contribution in [0.4, 0.5) is 0 Å². The lowest BCUT2D eigenvalue weighted by molar-refractivity contribution is 0.310. The molecule has 0 amide bonds. The molecule has 2 aliphatic carbocycles. The van der Waals surface area contributed by atoms with Gasteiger partial charge in [0.05, 0.1) is 6.07 Å². The van der Waals surface area contributed by atoms with Crippen LogP contribution in [0.3, 0.4) is 0 Å². The van der Waals surface area contributed by atoms with Gasteiger partial charge in [0.25, 0.3) is 0 Å². The number of rotatable bonds is 4. The summed E-state index contributed by atoms with van der Waals surface area (Å²) in [5, 5.41) is 12.2. The van der Waals surface area contributed by atoms with Gasteiger partial charge in [-0.3, -0.25) is 0 Å². The smallest absolute Gasteiger partial charge is 0.0628 e. The predicted octanol–water partition coefficient (Wildman–Crippen LogP) is 1.82. The highest BCUT2D eigenvalue weighted by Crippen LogP contribution is 2.48. The van der Waals surface area contributed by atoms with E-state index in [2.05, 4.69) is 11.4 Å². The Labute approximate surface area is 74.0 Å². The summed E-state index contributed by atoms with van der Waals surface area (Å²) >= 11 is 0. The molecule has 12 heavy (non-hydrogen) atoms. The van der Waals surface area contributed by atoms with Crippen LogP contribution in [0, 0.1) is 16.7 Å². The minimum atomic E-state index is 0.393. The van der Waals surface area contributed by atoms with Crippen molar-refractivity contribution in [1.82, 2.24) is 5.32 Å². The Kier molecular flexibility index (Phi) is 2.06. The molecule has 66 valence electrons. The van der Waals surface area contributed by atoms with Gasteiger partial charge in [0, 0.05) is 19.0 Å². The second-order valence-corrected chi connectivity index (χ2v) is 4.34. The van der Waals surface area contributed by atoms with Crippen molar-refractivity contribution in [3.05, 3.63) is 0 Å². The molecule has 0 atom stereocenters. The summed E-state index contributed by atoms with van der Waals surface area (Å²) in [6, 6.07) is 3.07. The molecule has 2 aliphatic rings. The fourth-order valence-electron chi connectivity index (χ4n) is 1.73. The molecule has 1 N–H and O–H groups in total. The highest BCUT2D eigenvalue weighted by molar-refractivity contribution is 5.01. The molecule has 0 aromatic heterocycles. The fourth-order valence-corrected chi connectivity index (χ4v) is 1.73. The van der Waals surface area contributed by atoms with Gasteiger partial charge in [0.1, 0.15) is 0 Å². The predicted molar refractivity (Wildman–Crippen MR) is 47.5 cm³/mol. The molecule has 2 heteroatoms. The van der Waals surface area contributed by atoms with Crippen molar-refractivity contribution < 1.29 is 0 Å². The number of nitrogens with zero attached hydrogens (tertiary/aromatic N) is 1. The zero-order valence-electron chi connectivity index (χ0n) is 7.47. The standard InChI is InChI=1S/C10H16N2/c11-7-6-10(4-5-10)8-12-9-2-1-3-9/h9,12H,1-6,8H2. The van der Waals surface area contributed by atoms with Crippen LogP contribution in [0.15, 0.2) is 0 Å². The van der Waals surface area contributed by atoms with E-state index in [1.165, 1.54) is 32.1 Å². The number of hydrogen-bond donors (Lipinski definition) is 1. The molecule has 2 nitrogen and oxygen atoms in total. The van der Waals surface area contributed by atoms with Crippen LogP contribution in [0.25, 0.3) is 0 Å². The molecule has 2 rings (SSSR count). The van der Waals surface area contributed by atoms with E-state index in [9.17, 15) is 0 Å². The van der Waals surface area contributed by atoms with Crippen LogP contribution in [0.5, 0.6) is 0 Å². The second kappa shape index (κ2) is 3.06. The fraction of sp³-hybridized carbons (Fsp3) is 0.900. The molecule has 0 bridgehead atoms. The van der Waals surface area contributed by atoms with Crippen molar-refractivity contribution in [3.63, 3.8) is 0 Å². The SMILES string of the molecule is N#CCC1(CNC2CCC2)CC1. The first-order valence-electron chi connectivity index (χ1n) is 4.95. The summed E-state index contributed by atoms with van der Waals surface area (Å²) in [6.45, 7) is 1.09. The molecular formula is C10H16N2. The third-order valence-corrected chi connectivity index (χ3v) is 3.28. The third-order valence-electron chi connectivity index (χ3n) is 3.28. The summed E-state index contributed by atoms with van der Waals surface area (Å²) in [6.07, 6.45) is 7.38. The molecule has 0 radical (unpaired) electrons. The van der Waals surface area contributed by atoms with E-state index < -0.39 is 0 Å². The molecule has 2 saturated carbocycles. The zero-order valence-corrected chi connectivity index (χ0v) is 7.47. The van der Waals surface area contributed by atoms with Gasteiger partial charge in [-0.15, -0.1) is 0 Å². The van der Waals surface area contributed by atoms with E-state index in [1.54, 1.807) is 0 Å². The molecule has 0 spiro atoms. The van der Waals surface area contributed by atoms with Crippen molar-refractivity contribution in [3.8, 4) is 6.07 Å². The number of hydrogen-bond acceptors (Lipinski definition) is 2. The lowest BCUT2D eigenvalue weighted by Crippen LogP contribution is -2.38. The van der Waals surface area contributed by atoms with Gasteiger partial charge in [-0.25, -0.2) is 0 Å². The van der Waals surface area contributed by atoms with Crippen LogP contribution in [0.2, 0.25) is 0 Å². The topological polar surface area (TPSA) is 35.8 Å². The van der Waals surface area contributed by atoms with Crippen LogP contribution in [0.1, 0.15) is 38.5 Å². The van der Waals surface area contributed by atoms with Gasteiger partial charge < -0.3 is 5.32 Å². The number of nitriles is 1. The average molecular weight is 164 g/mol. The van der Waals surface area contributed by atoms with E-state index in [1.807, 2.05) is 0 Å². The van der Waals surface area contributed by atoms with Crippen molar-refractivity contribution >= 4 is 0 Å². The molecule has 2 fully saturated rings. The molecule has 0 heterocycles. The minimum absolute atomic E-state index is 0.393. The summed E-state index contributed by atoms with van der Waals surface area (Å²) in [7, 11) is 0. The lowest BCUT2D eigenvalue weighted by atomic mass is 9.92. The molecule has 0 aromatic carbocycles. The molecule has 0 aliphatic heterocycles. The number of nitrogens with one attached hydrogen (secondary N) is 1.